The Morgan fingerprint density at radius 3 is 3.00 bits per heavy atom. The van der Waals surface area contributed by atoms with E-state index in [1.165, 1.54) is 0 Å². The molecule has 3 nitrogen and oxygen atoms in total. The van der Waals surface area contributed by atoms with Crippen molar-refractivity contribution in [2.24, 2.45) is 0 Å². The number of nitrogens with zero attached hydrogens (tertiary/aromatic N) is 1. The molecule has 1 aromatic heterocycles. The lowest BCUT2D eigenvalue weighted by atomic mass is 10.1. The molecular formula is C10H8N2O. The predicted octanol–water partition coefficient (Wildman–Crippen LogP) is 1.80. The fourth-order valence-electron chi connectivity index (χ4n) is 1.24. The van der Waals surface area contributed by atoms with Crippen molar-refractivity contribution in [1.29, 1.82) is 0 Å². The summed E-state index contributed by atoms with van der Waals surface area (Å²) < 4.78 is 0. The molecule has 0 unspecified atom stereocenters. The SMILES string of the molecule is O=CNc1ccc2ccncc2c1. The van der Waals surface area contributed by atoms with Gasteiger partial charge in [0.1, 0.15) is 0 Å². The first-order valence-corrected chi connectivity index (χ1v) is 3.94. The molecule has 0 aliphatic rings. The normalized spacial score (nSPS) is 9.85. The quantitative estimate of drug-likeness (QED) is 0.702. The molecule has 0 fully saturated rings. The maximum absolute atomic E-state index is 10.2. The van der Waals surface area contributed by atoms with Crippen LogP contribution in [0.2, 0.25) is 0 Å². The highest BCUT2D eigenvalue weighted by Crippen LogP contribution is 2.16. The smallest absolute Gasteiger partial charge is 0.211 e. The van der Waals surface area contributed by atoms with E-state index in [0.29, 0.717) is 6.41 Å². The zero-order valence-electron chi connectivity index (χ0n) is 6.90. The van der Waals surface area contributed by atoms with Gasteiger partial charge in [-0.05, 0) is 23.6 Å². The summed E-state index contributed by atoms with van der Waals surface area (Å²) in [5.74, 6) is 0. The second kappa shape index (κ2) is 3.23. The molecular weight excluding hydrogens is 164 g/mol. The number of carbonyl (C=O) groups is 1. The van der Waals surface area contributed by atoms with Crippen LogP contribution in [0.1, 0.15) is 0 Å². The van der Waals surface area contributed by atoms with Gasteiger partial charge in [0.2, 0.25) is 6.41 Å². The summed E-state index contributed by atoms with van der Waals surface area (Å²) in [5, 5.41) is 4.73. The highest BCUT2D eigenvalue weighted by molar-refractivity contribution is 5.87. The molecule has 0 aliphatic carbocycles. The van der Waals surface area contributed by atoms with Gasteiger partial charge < -0.3 is 5.32 Å². The minimum absolute atomic E-state index is 0.664. The number of nitrogens with one attached hydrogen (secondary N) is 1. The molecule has 64 valence electrons. The van der Waals surface area contributed by atoms with Gasteiger partial charge in [-0.15, -0.1) is 0 Å². The zero-order chi connectivity index (χ0) is 9.10. The van der Waals surface area contributed by atoms with E-state index in [-0.39, 0.29) is 0 Å². The first-order valence-electron chi connectivity index (χ1n) is 3.94. The van der Waals surface area contributed by atoms with E-state index >= 15 is 0 Å². The largest absolute Gasteiger partial charge is 0.329 e. The van der Waals surface area contributed by atoms with Gasteiger partial charge in [0.15, 0.2) is 0 Å². The summed E-state index contributed by atoms with van der Waals surface area (Å²) in [5.41, 5.74) is 0.788. The van der Waals surface area contributed by atoms with Crippen molar-refractivity contribution < 1.29 is 4.79 Å². The fourth-order valence-corrected chi connectivity index (χ4v) is 1.24. The van der Waals surface area contributed by atoms with Crippen LogP contribution in [-0.4, -0.2) is 11.4 Å². The second-order valence-electron chi connectivity index (χ2n) is 2.70. The Labute approximate surface area is 75.4 Å². The van der Waals surface area contributed by atoms with E-state index < -0.39 is 0 Å². The minimum Gasteiger partial charge on any atom is -0.329 e. The van der Waals surface area contributed by atoms with Gasteiger partial charge in [-0.25, -0.2) is 0 Å². The molecule has 1 N–H and O–H groups in total. The molecule has 3 heteroatoms. The summed E-state index contributed by atoms with van der Waals surface area (Å²) in [7, 11) is 0. The molecule has 1 amide bonds. The van der Waals surface area contributed by atoms with Crippen LogP contribution >= 0.6 is 0 Å². The molecule has 0 aliphatic heterocycles. The molecule has 2 aromatic rings. The van der Waals surface area contributed by atoms with E-state index in [2.05, 4.69) is 10.3 Å². The van der Waals surface area contributed by atoms with Gasteiger partial charge in [0, 0.05) is 23.5 Å². The van der Waals surface area contributed by atoms with Crippen molar-refractivity contribution in [3.63, 3.8) is 0 Å². The Morgan fingerprint density at radius 1 is 1.23 bits per heavy atom. The fraction of sp³-hybridized carbons (Fsp3) is 0. The summed E-state index contributed by atoms with van der Waals surface area (Å²) in [6.07, 6.45) is 4.18. The average Bonchev–Trinajstić information content (AvgIpc) is 2.18. The third-order valence-corrected chi connectivity index (χ3v) is 1.87. The molecule has 0 saturated carbocycles. The van der Waals surface area contributed by atoms with E-state index in [4.69, 9.17) is 0 Å². The lowest BCUT2D eigenvalue weighted by Gasteiger charge is -2.00. The van der Waals surface area contributed by atoms with Crippen LogP contribution < -0.4 is 5.32 Å². The number of anilines is 1. The van der Waals surface area contributed by atoms with Crippen LogP contribution in [0.3, 0.4) is 0 Å². The average molecular weight is 172 g/mol. The maximum Gasteiger partial charge on any atom is 0.211 e. The third kappa shape index (κ3) is 1.49. The first kappa shape index (κ1) is 7.73. The lowest BCUT2D eigenvalue weighted by molar-refractivity contribution is -0.105. The number of hydrogen-bond donors (Lipinski definition) is 1. The molecule has 1 aromatic carbocycles. The van der Waals surface area contributed by atoms with Crippen LogP contribution in [0.15, 0.2) is 36.7 Å². The molecule has 0 saturated heterocycles. The van der Waals surface area contributed by atoms with Crippen molar-refractivity contribution in [3.05, 3.63) is 36.7 Å². The summed E-state index contributed by atoms with van der Waals surface area (Å²) >= 11 is 0. The molecule has 1 heterocycles. The predicted molar refractivity (Wildman–Crippen MR) is 51.4 cm³/mol. The van der Waals surface area contributed by atoms with Crippen LogP contribution in [0.5, 0.6) is 0 Å². The standard InChI is InChI=1S/C10H8N2O/c13-7-12-10-2-1-8-3-4-11-6-9(8)5-10/h1-7H,(H,12,13). The maximum atomic E-state index is 10.2. The Balaban J connectivity index is 2.55. The van der Waals surface area contributed by atoms with Crippen LogP contribution in [0, 0.1) is 0 Å². The van der Waals surface area contributed by atoms with E-state index in [1.54, 1.807) is 12.4 Å². The number of hydrogen-bond acceptors (Lipinski definition) is 2. The Morgan fingerprint density at radius 2 is 2.15 bits per heavy atom. The van der Waals surface area contributed by atoms with Crippen molar-refractivity contribution >= 4 is 22.9 Å². The van der Waals surface area contributed by atoms with Gasteiger partial charge in [-0.2, -0.15) is 0 Å². The van der Waals surface area contributed by atoms with E-state index in [0.717, 1.165) is 16.5 Å². The third-order valence-electron chi connectivity index (χ3n) is 1.87. The van der Waals surface area contributed by atoms with Crippen LogP contribution in [0.4, 0.5) is 5.69 Å². The summed E-state index contributed by atoms with van der Waals surface area (Å²) in [6.45, 7) is 0. The van der Waals surface area contributed by atoms with Crippen molar-refractivity contribution in [2.45, 2.75) is 0 Å². The van der Waals surface area contributed by atoms with Gasteiger partial charge in [0.05, 0.1) is 0 Å². The number of benzene rings is 1. The van der Waals surface area contributed by atoms with Crippen molar-refractivity contribution in [1.82, 2.24) is 4.98 Å². The van der Waals surface area contributed by atoms with E-state index in [9.17, 15) is 4.79 Å². The number of aromatic nitrogens is 1. The van der Waals surface area contributed by atoms with Crippen molar-refractivity contribution in [3.8, 4) is 0 Å². The zero-order valence-corrected chi connectivity index (χ0v) is 6.90. The number of amides is 1. The molecule has 0 atom stereocenters. The minimum atomic E-state index is 0.664. The number of rotatable bonds is 2. The summed E-state index contributed by atoms with van der Waals surface area (Å²) in [4.78, 5) is 14.2. The van der Waals surface area contributed by atoms with Gasteiger partial charge in [-0.1, -0.05) is 6.07 Å². The Hall–Kier alpha value is -1.90. The number of carbonyl (C=O) groups excluding carboxylic acids is 1. The topological polar surface area (TPSA) is 42.0 Å². The van der Waals surface area contributed by atoms with Gasteiger partial charge >= 0.3 is 0 Å². The number of pyridine rings is 1. The molecule has 0 bridgehead atoms. The molecule has 2 rings (SSSR count). The lowest BCUT2D eigenvalue weighted by Crippen LogP contribution is -1.92. The monoisotopic (exact) mass is 172 g/mol. The molecule has 0 spiro atoms. The molecule has 0 radical (unpaired) electrons. The summed E-state index contributed by atoms with van der Waals surface area (Å²) in [6, 6.07) is 7.62. The van der Waals surface area contributed by atoms with Crippen LogP contribution in [0.25, 0.3) is 10.8 Å². The Kier molecular flexibility index (Phi) is 1.92. The molecule has 13 heavy (non-hydrogen) atoms. The van der Waals surface area contributed by atoms with Crippen LogP contribution in [-0.2, 0) is 4.79 Å². The highest BCUT2D eigenvalue weighted by atomic mass is 16.1. The first-order chi connectivity index (χ1) is 6.40. The second-order valence-corrected chi connectivity index (χ2v) is 2.70. The highest BCUT2D eigenvalue weighted by Gasteiger charge is 1.93. The van der Waals surface area contributed by atoms with Gasteiger partial charge in [-0.3, -0.25) is 9.78 Å². The number of fused-ring (bicyclic) bond motifs is 1. The Bertz CT molecular complexity index is 440. The van der Waals surface area contributed by atoms with E-state index in [1.807, 2.05) is 24.3 Å². The van der Waals surface area contributed by atoms with Crippen molar-refractivity contribution in [2.75, 3.05) is 5.32 Å². The van der Waals surface area contributed by atoms with Gasteiger partial charge in [0.25, 0.3) is 0 Å².